The average Bonchev–Trinajstić information content (AvgIpc) is 3.06. The molecule has 5 nitrogen and oxygen atoms in total. The van der Waals surface area contributed by atoms with Crippen LogP contribution in [0, 0.1) is 12.7 Å². The number of carbonyl (C=O) groups excluding carboxylic acids is 2. The van der Waals surface area contributed by atoms with Gasteiger partial charge in [-0.15, -0.1) is 0 Å². The number of aliphatic hydroxyl groups is 1. The molecule has 0 aromatic heterocycles. The number of anilines is 1. The average molecular weight is 473 g/mol. The highest BCUT2D eigenvalue weighted by Crippen LogP contribution is 2.58. The molecule has 6 heteroatoms. The molecule has 2 heterocycles. The second-order valence-electron chi connectivity index (χ2n) is 10.7. The lowest BCUT2D eigenvalue weighted by atomic mass is 9.66. The van der Waals surface area contributed by atoms with Gasteiger partial charge in [-0.25, -0.2) is 4.39 Å². The van der Waals surface area contributed by atoms with Gasteiger partial charge in [-0.3, -0.25) is 9.59 Å². The van der Waals surface area contributed by atoms with Crippen molar-refractivity contribution in [2.24, 2.45) is 0 Å². The zero-order valence-corrected chi connectivity index (χ0v) is 20.6. The van der Waals surface area contributed by atoms with Gasteiger partial charge < -0.3 is 14.9 Å². The molecule has 1 spiro atoms. The largest absolute Gasteiger partial charge is 0.382 e. The molecular weight excluding hydrogens is 443 g/mol. The second kappa shape index (κ2) is 7.49. The van der Waals surface area contributed by atoms with Crippen LogP contribution in [0.1, 0.15) is 60.3 Å². The summed E-state index contributed by atoms with van der Waals surface area (Å²) in [7, 11) is 0. The summed E-state index contributed by atoms with van der Waals surface area (Å²) in [6, 6.07) is 18.6. The summed E-state index contributed by atoms with van der Waals surface area (Å²) in [5.41, 5.74) is -1.04. The number of fused-ring (bicyclic) bond motifs is 3. The van der Waals surface area contributed by atoms with Crippen LogP contribution in [-0.4, -0.2) is 27.4 Å². The molecule has 2 atom stereocenters. The Morgan fingerprint density at radius 2 is 1.60 bits per heavy atom. The Balaban J connectivity index is 1.86. The molecule has 0 saturated carbocycles. The van der Waals surface area contributed by atoms with Crippen molar-refractivity contribution in [3.8, 4) is 0 Å². The smallest absolute Gasteiger partial charge is 0.261 e. The van der Waals surface area contributed by atoms with Gasteiger partial charge in [-0.1, -0.05) is 48.0 Å². The van der Waals surface area contributed by atoms with E-state index in [0.717, 1.165) is 11.1 Å². The maximum absolute atomic E-state index is 14.8. The molecule has 1 N–H and O–H groups in total. The van der Waals surface area contributed by atoms with Gasteiger partial charge in [0.2, 0.25) is 0 Å². The maximum atomic E-state index is 14.8. The summed E-state index contributed by atoms with van der Waals surface area (Å²) in [5.74, 6) is -1.37. The van der Waals surface area contributed by atoms with Gasteiger partial charge in [0.05, 0.1) is 5.69 Å². The molecule has 180 valence electrons. The number of rotatable bonds is 2. The number of halogens is 1. The Hall–Kier alpha value is -3.51. The SMILES string of the molecule is Cc1ccc(CN2C(=O)c3ccccc3[C@](C)(O)[C@@]23C(=O)N(C(C)(C)C)c2ccc(F)cc23)cc1. The maximum Gasteiger partial charge on any atom is 0.261 e. The molecular formula is C29H29FN2O3. The van der Waals surface area contributed by atoms with E-state index in [9.17, 15) is 19.1 Å². The Labute approximate surface area is 204 Å². The molecule has 0 unspecified atom stereocenters. The first-order valence-electron chi connectivity index (χ1n) is 11.7. The standard InChI is InChI=1S/C29H29FN2O3/c1-18-10-12-19(13-11-18)17-31-25(33)21-8-6-7-9-22(21)28(5,35)29(31)23-16-20(30)14-15-24(23)32(26(29)34)27(2,3)4/h6-16,35H,17H2,1-5H3/t28-,29+/m0/s1. The van der Waals surface area contributed by atoms with E-state index in [2.05, 4.69) is 0 Å². The highest BCUT2D eigenvalue weighted by molar-refractivity contribution is 6.14. The number of aryl methyl sites for hydroxylation is 1. The fraction of sp³-hybridized carbons (Fsp3) is 0.310. The van der Waals surface area contributed by atoms with E-state index in [-0.39, 0.29) is 18.0 Å². The molecule has 0 saturated heterocycles. The minimum Gasteiger partial charge on any atom is -0.382 e. The minimum atomic E-state index is -1.85. The Kier molecular flexibility index (Phi) is 4.98. The lowest BCUT2D eigenvalue weighted by Gasteiger charge is -2.53. The van der Waals surface area contributed by atoms with Crippen molar-refractivity contribution in [1.29, 1.82) is 0 Å². The van der Waals surface area contributed by atoms with Crippen LogP contribution in [0.5, 0.6) is 0 Å². The van der Waals surface area contributed by atoms with Crippen molar-refractivity contribution in [2.45, 2.75) is 57.8 Å². The lowest BCUT2D eigenvalue weighted by Crippen LogP contribution is -2.69. The van der Waals surface area contributed by atoms with Crippen LogP contribution in [0.3, 0.4) is 0 Å². The Morgan fingerprint density at radius 1 is 0.943 bits per heavy atom. The fourth-order valence-electron chi connectivity index (χ4n) is 5.69. The predicted molar refractivity (Wildman–Crippen MR) is 132 cm³/mol. The third kappa shape index (κ3) is 3.09. The van der Waals surface area contributed by atoms with Gasteiger partial charge in [-0.05, 0) is 70.0 Å². The van der Waals surface area contributed by atoms with Crippen molar-refractivity contribution < 1.29 is 19.1 Å². The van der Waals surface area contributed by atoms with Crippen molar-refractivity contribution >= 4 is 17.5 Å². The summed E-state index contributed by atoms with van der Waals surface area (Å²) >= 11 is 0. The summed E-state index contributed by atoms with van der Waals surface area (Å²) in [5, 5.41) is 12.3. The second-order valence-corrected chi connectivity index (χ2v) is 10.7. The quantitative estimate of drug-likeness (QED) is 0.569. The highest BCUT2D eigenvalue weighted by atomic mass is 19.1. The molecule has 3 aromatic rings. The highest BCUT2D eigenvalue weighted by Gasteiger charge is 2.69. The molecule has 0 bridgehead atoms. The van der Waals surface area contributed by atoms with Crippen LogP contribution in [0.15, 0.2) is 66.7 Å². The zero-order chi connectivity index (χ0) is 25.3. The normalized spacial score (nSPS) is 23.6. The molecule has 2 amide bonds. The van der Waals surface area contributed by atoms with Crippen LogP contribution in [-0.2, 0) is 22.5 Å². The Bertz CT molecular complexity index is 1360. The molecule has 2 aliphatic rings. The van der Waals surface area contributed by atoms with Crippen LogP contribution >= 0.6 is 0 Å². The van der Waals surface area contributed by atoms with Gasteiger partial charge in [0.15, 0.2) is 5.54 Å². The van der Waals surface area contributed by atoms with Crippen molar-refractivity contribution in [3.05, 3.63) is 100 Å². The van der Waals surface area contributed by atoms with Crippen molar-refractivity contribution in [3.63, 3.8) is 0 Å². The van der Waals surface area contributed by atoms with Crippen molar-refractivity contribution in [2.75, 3.05) is 4.90 Å². The van der Waals surface area contributed by atoms with Gasteiger partial charge >= 0.3 is 0 Å². The van der Waals surface area contributed by atoms with E-state index in [1.54, 1.807) is 42.2 Å². The van der Waals surface area contributed by atoms with Gasteiger partial charge in [0.1, 0.15) is 11.4 Å². The first-order valence-corrected chi connectivity index (χ1v) is 11.7. The number of hydrogen-bond acceptors (Lipinski definition) is 3. The van der Waals surface area contributed by atoms with Crippen LogP contribution in [0.25, 0.3) is 0 Å². The van der Waals surface area contributed by atoms with Crippen LogP contribution in [0.2, 0.25) is 0 Å². The van der Waals surface area contributed by atoms with Gasteiger partial charge in [-0.2, -0.15) is 0 Å². The molecule has 5 rings (SSSR count). The fourth-order valence-corrected chi connectivity index (χ4v) is 5.69. The molecule has 0 radical (unpaired) electrons. The first kappa shape index (κ1) is 23.2. The minimum absolute atomic E-state index is 0.0727. The third-order valence-corrected chi connectivity index (χ3v) is 7.27. The van der Waals surface area contributed by atoms with E-state index < -0.39 is 28.4 Å². The molecule has 0 fully saturated rings. The third-order valence-electron chi connectivity index (χ3n) is 7.27. The first-order chi connectivity index (χ1) is 16.4. The summed E-state index contributed by atoms with van der Waals surface area (Å²) in [6.45, 7) is 9.25. The number of carbonyl (C=O) groups is 2. The number of amides is 2. The number of nitrogens with zero attached hydrogens (tertiary/aromatic N) is 2. The van der Waals surface area contributed by atoms with Gasteiger partial charge in [0.25, 0.3) is 11.8 Å². The van der Waals surface area contributed by atoms with E-state index in [1.165, 1.54) is 17.0 Å². The topological polar surface area (TPSA) is 60.9 Å². The van der Waals surface area contributed by atoms with Crippen LogP contribution in [0.4, 0.5) is 10.1 Å². The predicted octanol–water partition coefficient (Wildman–Crippen LogP) is 5.04. The van der Waals surface area contributed by atoms with E-state index >= 15 is 0 Å². The molecule has 3 aromatic carbocycles. The lowest BCUT2D eigenvalue weighted by molar-refractivity contribution is -0.154. The molecule has 2 aliphatic heterocycles. The van der Waals surface area contributed by atoms with E-state index in [1.807, 2.05) is 52.0 Å². The summed E-state index contributed by atoms with van der Waals surface area (Å²) < 4.78 is 14.8. The van der Waals surface area contributed by atoms with E-state index in [0.29, 0.717) is 16.8 Å². The van der Waals surface area contributed by atoms with E-state index in [4.69, 9.17) is 0 Å². The monoisotopic (exact) mass is 472 g/mol. The molecule has 35 heavy (non-hydrogen) atoms. The zero-order valence-electron chi connectivity index (χ0n) is 20.6. The van der Waals surface area contributed by atoms with Crippen molar-refractivity contribution in [1.82, 2.24) is 4.90 Å². The molecule has 0 aliphatic carbocycles. The number of benzene rings is 3. The van der Waals surface area contributed by atoms with Crippen LogP contribution < -0.4 is 4.90 Å². The summed E-state index contributed by atoms with van der Waals surface area (Å²) in [4.78, 5) is 31.7. The number of hydrogen-bond donors (Lipinski definition) is 1. The Morgan fingerprint density at radius 3 is 2.26 bits per heavy atom. The van der Waals surface area contributed by atoms with Gasteiger partial charge in [0, 0.05) is 23.2 Å². The summed E-state index contributed by atoms with van der Waals surface area (Å²) in [6.07, 6.45) is 0.